The molecule has 5 nitrogen and oxygen atoms in total. The highest BCUT2D eigenvalue weighted by molar-refractivity contribution is 6.04. The van der Waals surface area contributed by atoms with Gasteiger partial charge in [0.1, 0.15) is 0 Å². The summed E-state index contributed by atoms with van der Waals surface area (Å²) in [7, 11) is 1.55. The molecular formula is C19H19N3O2. The number of fused-ring (bicyclic) bond motifs is 1. The van der Waals surface area contributed by atoms with Crippen molar-refractivity contribution in [2.24, 2.45) is 7.05 Å². The third kappa shape index (κ3) is 3.06. The Morgan fingerprint density at radius 3 is 2.42 bits per heavy atom. The quantitative estimate of drug-likeness (QED) is 0.803. The highest BCUT2D eigenvalue weighted by atomic mass is 16.2. The molecule has 1 N–H and O–H groups in total. The standard InChI is InChI=1S/C19H19N3O2/c1-13(14-8-4-3-5-9-14)12-20-18(23)17-15-10-6-7-11-16(15)19(24)22(2)21-17/h3-11,13H,12H2,1-2H3,(H,20,23)/t13-/m0/s1. The third-order valence-electron chi connectivity index (χ3n) is 4.11. The molecule has 5 heteroatoms. The molecule has 1 atom stereocenters. The summed E-state index contributed by atoms with van der Waals surface area (Å²) in [5.41, 5.74) is 1.23. The van der Waals surface area contributed by atoms with E-state index < -0.39 is 0 Å². The molecule has 122 valence electrons. The molecule has 2 aromatic carbocycles. The van der Waals surface area contributed by atoms with Gasteiger partial charge in [0.25, 0.3) is 11.5 Å². The summed E-state index contributed by atoms with van der Waals surface area (Å²) in [4.78, 5) is 24.7. The molecule has 0 bridgehead atoms. The van der Waals surface area contributed by atoms with Crippen LogP contribution in [0.3, 0.4) is 0 Å². The molecule has 0 radical (unpaired) electrons. The lowest BCUT2D eigenvalue weighted by Crippen LogP contribution is -2.31. The first kappa shape index (κ1) is 15.9. The monoisotopic (exact) mass is 321 g/mol. The zero-order valence-corrected chi connectivity index (χ0v) is 13.7. The fourth-order valence-corrected chi connectivity index (χ4v) is 2.70. The molecular weight excluding hydrogens is 302 g/mol. The van der Waals surface area contributed by atoms with Crippen LogP contribution in [0.4, 0.5) is 0 Å². The van der Waals surface area contributed by atoms with E-state index in [2.05, 4.69) is 17.3 Å². The Hall–Kier alpha value is -2.95. The lowest BCUT2D eigenvalue weighted by molar-refractivity contribution is 0.0946. The van der Waals surface area contributed by atoms with Gasteiger partial charge in [0.05, 0.1) is 5.39 Å². The molecule has 3 rings (SSSR count). The van der Waals surface area contributed by atoms with E-state index >= 15 is 0 Å². The number of aryl methyl sites for hydroxylation is 1. The van der Waals surface area contributed by atoms with E-state index in [0.29, 0.717) is 17.3 Å². The number of hydrogen-bond acceptors (Lipinski definition) is 3. The number of hydrogen-bond donors (Lipinski definition) is 1. The molecule has 0 unspecified atom stereocenters. The third-order valence-corrected chi connectivity index (χ3v) is 4.11. The van der Waals surface area contributed by atoms with Gasteiger partial charge in [-0.25, -0.2) is 4.68 Å². The smallest absolute Gasteiger partial charge is 0.274 e. The van der Waals surface area contributed by atoms with Crippen molar-refractivity contribution in [3.8, 4) is 0 Å². The second-order valence-corrected chi connectivity index (χ2v) is 5.84. The van der Waals surface area contributed by atoms with E-state index in [1.807, 2.05) is 30.3 Å². The van der Waals surface area contributed by atoms with Gasteiger partial charge in [-0.1, -0.05) is 55.5 Å². The lowest BCUT2D eigenvalue weighted by Gasteiger charge is -2.14. The maximum atomic E-state index is 12.6. The topological polar surface area (TPSA) is 64.0 Å². The van der Waals surface area contributed by atoms with Crippen LogP contribution in [0.25, 0.3) is 10.8 Å². The molecule has 1 amide bonds. The molecule has 1 heterocycles. The van der Waals surface area contributed by atoms with Crippen LogP contribution in [0.5, 0.6) is 0 Å². The Morgan fingerprint density at radius 2 is 1.71 bits per heavy atom. The zero-order chi connectivity index (χ0) is 17.1. The van der Waals surface area contributed by atoms with E-state index in [1.165, 1.54) is 4.68 Å². The Kier molecular flexibility index (Phi) is 4.42. The Balaban J connectivity index is 1.85. The second-order valence-electron chi connectivity index (χ2n) is 5.84. The van der Waals surface area contributed by atoms with Crippen LogP contribution in [0.15, 0.2) is 59.4 Å². The maximum Gasteiger partial charge on any atom is 0.274 e. The maximum absolute atomic E-state index is 12.6. The predicted octanol–water partition coefficient (Wildman–Crippen LogP) is 2.47. The number of aromatic nitrogens is 2. The summed E-state index contributed by atoms with van der Waals surface area (Å²) in [5.74, 6) is -0.0847. The van der Waals surface area contributed by atoms with Gasteiger partial charge in [-0.3, -0.25) is 9.59 Å². The lowest BCUT2D eigenvalue weighted by atomic mass is 10.0. The van der Waals surface area contributed by atoms with Crippen molar-refractivity contribution in [3.05, 3.63) is 76.2 Å². The number of carbonyl (C=O) groups is 1. The van der Waals surface area contributed by atoms with Crippen molar-refractivity contribution in [1.29, 1.82) is 0 Å². The fraction of sp³-hybridized carbons (Fsp3) is 0.211. The number of rotatable bonds is 4. The molecule has 0 saturated heterocycles. The summed E-state index contributed by atoms with van der Waals surface area (Å²) in [6.07, 6.45) is 0. The first-order chi connectivity index (χ1) is 11.6. The van der Waals surface area contributed by atoms with Crippen molar-refractivity contribution in [1.82, 2.24) is 15.1 Å². The average Bonchev–Trinajstić information content (AvgIpc) is 2.63. The minimum absolute atomic E-state index is 0.189. The minimum Gasteiger partial charge on any atom is -0.350 e. The molecule has 0 fully saturated rings. The molecule has 0 aliphatic carbocycles. The van der Waals surface area contributed by atoms with Crippen molar-refractivity contribution < 1.29 is 4.79 Å². The van der Waals surface area contributed by atoms with Crippen molar-refractivity contribution in [2.75, 3.05) is 6.54 Å². The van der Waals surface area contributed by atoms with Crippen LogP contribution in [0.1, 0.15) is 28.9 Å². The molecule has 1 aromatic heterocycles. The number of nitrogens with zero attached hydrogens (tertiary/aromatic N) is 2. The van der Waals surface area contributed by atoms with Crippen molar-refractivity contribution >= 4 is 16.7 Å². The van der Waals surface area contributed by atoms with Gasteiger partial charge in [-0.15, -0.1) is 0 Å². The first-order valence-corrected chi connectivity index (χ1v) is 7.87. The van der Waals surface area contributed by atoms with Gasteiger partial charge < -0.3 is 5.32 Å². The summed E-state index contributed by atoms with van der Waals surface area (Å²) in [6, 6.07) is 17.0. The van der Waals surface area contributed by atoms with Crippen LogP contribution in [-0.2, 0) is 7.05 Å². The normalized spacial score (nSPS) is 12.1. The Labute approximate surface area is 139 Å². The van der Waals surface area contributed by atoms with Gasteiger partial charge >= 0.3 is 0 Å². The van der Waals surface area contributed by atoms with Gasteiger partial charge in [0.15, 0.2) is 5.69 Å². The second kappa shape index (κ2) is 6.66. The van der Waals surface area contributed by atoms with Crippen LogP contribution in [0, 0.1) is 0 Å². The molecule has 0 saturated carbocycles. The number of benzene rings is 2. The largest absolute Gasteiger partial charge is 0.350 e. The fourth-order valence-electron chi connectivity index (χ4n) is 2.70. The van der Waals surface area contributed by atoms with E-state index in [0.717, 1.165) is 5.56 Å². The van der Waals surface area contributed by atoms with Gasteiger partial charge in [0, 0.05) is 19.0 Å². The van der Waals surface area contributed by atoms with E-state index in [-0.39, 0.29) is 23.1 Å². The Bertz CT molecular complexity index is 932. The number of carbonyl (C=O) groups excluding carboxylic acids is 1. The summed E-state index contributed by atoms with van der Waals surface area (Å²) in [5, 5.41) is 8.13. The molecule has 0 aliphatic rings. The van der Waals surface area contributed by atoms with E-state index in [1.54, 1.807) is 31.3 Å². The van der Waals surface area contributed by atoms with E-state index in [9.17, 15) is 9.59 Å². The van der Waals surface area contributed by atoms with E-state index in [4.69, 9.17) is 0 Å². The SMILES string of the molecule is C[C@@H](CNC(=O)c1nn(C)c(=O)c2ccccc12)c1ccccc1. The molecule has 0 aliphatic heterocycles. The average molecular weight is 321 g/mol. The first-order valence-electron chi connectivity index (χ1n) is 7.87. The highest BCUT2D eigenvalue weighted by Gasteiger charge is 2.16. The summed E-state index contributed by atoms with van der Waals surface area (Å²) < 4.78 is 1.21. The molecule has 0 spiro atoms. The van der Waals surface area contributed by atoms with Crippen LogP contribution in [-0.4, -0.2) is 22.2 Å². The van der Waals surface area contributed by atoms with Crippen molar-refractivity contribution in [3.63, 3.8) is 0 Å². The number of nitrogens with one attached hydrogen (secondary N) is 1. The summed E-state index contributed by atoms with van der Waals surface area (Å²) >= 11 is 0. The van der Waals surface area contributed by atoms with Gasteiger partial charge in [-0.2, -0.15) is 5.10 Å². The van der Waals surface area contributed by atoms with Crippen molar-refractivity contribution in [2.45, 2.75) is 12.8 Å². The van der Waals surface area contributed by atoms with Crippen LogP contribution in [0.2, 0.25) is 0 Å². The van der Waals surface area contributed by atoms with Gasteiger partial charge in [0.2, 0.25) is 0 Å². The molecule has 24 heavy (non-hydrogen) atoms. The van der Waals surface area contributed by atoms with Gasteiger partial charge in [-0.05, 0) is 17.5 Å². The predicted molar refractivity (Wildman–Crippen MR) is 94.2 cm³/mol. The minimum atomic E-state index is -0.274. The zero-order valence-electron chi connectivity index (χ0n) is 13.7. The number of amides is 1. The van der Waals surface area contributed by atoms with Crippen LogP contribution < -0.4 is 10.9 Å². The molecule has 3 aromatic rings. The van der Waals surface area contributed by atoms with Crippen LogP contribution >= 0.6 is 0 Å². The highest BCUT2D eigenvalue weighted by Crippen LogP contribution is 2.15. The Morgan fingerprint density at radius 1 is 1.08 bits per heavy atom. The summed E-state index contributed by atoms with van der Waals surface area (Å²) in [6.45, 7) is 2.56.